The summed E-state index contributed by atoms with van der Waals surface area (Å²) >= 11 is 5.40. The lowest BCUT2D eigenvalue weighted by Gasteiger charge is -2.25. The Labute approximate surface area is 218 Å². The predicted octanol–water partition coefficient (Wildman–Crippen LogP) is 3.97. The Morgan fingerprint density at radius 2 is 1.86 bits per heavy atom. The van der Waals surface area contributed by atoms with Crippen LogP contribution in [0.25, 0.3) is 16.6 Å². The number of nitrogens with one attached hydrogen (secondary N) is 3. The zero-order valence-electron chi connectivity index (χ0n) is 20.4. The molecule has 2 aromatic carbocycles. The Hall–Kier alpha value is -4.42. The Balaban J connectivity index is 1.34. The van der Waals surface area contributed by atoms with Crippen molar-refractivity contribution in [2.45, 2.75) is 26.3 Å². The summed E-state index contributed by atoms with van der Waals surface area (Å²) in [5.41, 5.74) is 3.42. The fraction of sp³-hybridized carbons (Fsp3) is 0.200. The van der Waals surface area contributed by atoms with E-state index in [4.69, 9.17) is 17.0 Å². The molecule has 0 radical (unpaired) electrons. The highest BCUT2D eigenvalue weighted by Gasteiger charge is 2.17. The fourth-order valence-corrected chi connectivity index (χ4v) is 3.99. The molecule has 188 valence electrons. The quantitative estimate of drug-likeness (QED) is 0.235. The summed E-state index contributed by atoms with van der Waals surface area (Å²) in [4.78, 5) is 17.2. The molecular weight excluding hydrogens is 490 g/mol. The average molecular weight is 516 g/mol. The van der Waals surface area contributed by atoms with Crippen LogP contribution < -0.4 is 20.7 Å². The summed E-state index contributed by atoms with van der Waals surface area (Å²) in [7, 11) is 0. The van der Waals surface area contributed by atoms with Crippen LogP contribution in [0.2, 0.25) is 0 Å². The SMILES string of the molecule is Cc1cc(Nc2ncnc3ccc(NC(=S)NC(C)(C)CO)cc23)ccc1Oc1cc2ncnn2cn1. The van der Waals surface area contributed by atoms with Gasteiger partial charge in [0.05, 0.1) is 17.7 Å². The first-order valence-electron chi connectivity index (χ1n) is 11.5. The van der Waals surface area contributed by atoms with Crippen molar-refractivity contribution in [3.8, 4) is 11.6 Å². The number of aryl methyl sites for hydroxylation is 1. The number of hydrogen-bond donors (Lipinski definition) is 4. The number of aliphatic hydroxyl groups is 1. The van der Waals surface area contributed by atoms with Crippen LogP contribution in [0.4, 0.5) is 17.2 Å². The molecule has 4 N–H and O–H groups in total. The molecule has 0 saturated carbocycles. The van der Waals surface area contributed by atoms with Gasteiger partial charge in [0.2, 0.25) is 5.88 Å². The van der Waals surface area contributed by atoms with E-state index < -0.39 is 5.54 Å². The third-order valence-corrected chi connectivity index (χ3v) is 5.74. The monoisotopic (exact) mass is 515 g/mol. The molecule has 5 rings (SSSR count). The number of hydrogen-bond acceptors (Lipinski definition) is 9. The molecule has 0 fully saturated rings. The zero-order chi connectivity index (χ0) is 26.0. The summed E-state index contributed by atoms with van der Waals surface area (Å²) < 4.78 is 7.54. The van der Waals surface area contributed by atoms with Crippen molar-refractivity contribution in [1.82, 2.24) is 34.9 Å². The molecular formula is C25H25N9O2S. The van der Waals surface area contributed by atoms with Gasteiger partial charge in [-0.2, -0.15) is 5.10 Å². The van der Waals surface area contributed by atoms with Crippen LogP contribution in [0.5, 0.6) is 11.6 Å². The normalized spacial score (nSPS) is 11.5. The van der Waals surface area contributed by atoms with Gasteiger partial charge in [-0.05, 0) is 75.0 Å². The van der Waals surface area contributed by atoms with E-state index >= 15 is 0 Å². The first-order valence-corrected chi connectivity index (χ1v) is 11.9. The van der Waals surface area contributed by atoms with Crippen LogP contribution in [-0.4, -0.2) is 51.9 Å². The van der Waals surface area contributed by atoms with E-state index in [1.54, 1.807) is 16.9 Å². The van der Waals surface area contributed by atoms with Crippen LogP contribution in [0.3, 0.4) is 0 Å². The van der Waals surface area contributed by atoms with Crippen LogP contribution in [-0.2, 0) is 0 Å². The molecule has 0 spiro atoms. The van der Waals surface area contributed by atoms with Gasteiger partial charge in [0, 0.05) is 22.8 Å². The van der Waals surface area contributed by atoms with Gasteiger partial charge in [-0.25, -0.2) is 24.5 Å². The summed E-state index contributed by atoms with van der Waals surface area (Å²) in [6.45, 7) is 5.63. The lowest BCUT2D eigenvalue weighted by Crippen LogP contribution is -2.47. The molecule has 0 amide bonds. The molecule has 0 aliphatic heterocycles. The molecule has 37 heavy (non-hydrogen) atoms. The number of benzene rings is 2. The first-order chi connectivity index (χ1) is 17.8. The number of thiocarbonyl (C=S) groups is 1. The molecule has 3 aromatic heterocycles. The number of rotatable bonds is 7. The lowest BCUT2D eigenvalue weighted by molar-refractivity contribution is 0.207. The number of aromatic nitrogens is 6. The van der Waals surface area contributed by atoms with Crippen molar-refractivity contribution >= 4 is 51.1 Å². The lowest BCUT2D eigenvalue weighted by atomic mass is 10.1. The number of anilines is 3. The van der Waals surface area contributed by atoms with E-state index in [2.05, 4.69) is 41.0 Å². The Morgan fingerprint density at radius 3 is 2.68 bits per heavy atom. The Kier molecular flexibility index (Phi) is 6.51. The topological polar surface area (TPSA) is 134 Å². The molecule has 0 unspecified atom stereocenters. The van der Waals surface area contributed by atoms with E-state index in [0.29, 0.717) is 28.2 Å². The molecule has 3 heterocycles. The van der Waals surface area contributed by atoms with Gasteiger partial charge in [-0.1, -0.05) is 0 Å². The summed E-state index contributed by atoms with van der Waals surface area (Å²) in [5, 5.41) is 24.4. The maximum Gasteiger partial charge on any atom is 0.224 e. The highest BCUT2D eigenvalue weighted by molar-refractivity contribution is 7.80. The maximum atomic E-state index is 9.48. The van der Waals surface area contributed by atoms with Crippen molar-refractivity contribution in [1.29, 1.82) is 0 Å². The minimum Gasteiger partial charge on any atom is -0.439 e. The first kappa shape index (κ1) is 24.3. The van der Waals surface area contributed by atoms with Gasteiger partial charge in [0.25, 0.3) is 0 Å². The second kappa shape index (κ2) is 9.91. The molecule has 0 bridgehead atoms. The van der Waals surface area contributed by atoms with Crippen molar-refractivity contribution < 1.29 is 9.84 Å². The van der Waals surface area contributed by atoms with E-state index in [0.717, 1.165) is 27.8 Å². The Bertz CT molecular complexity index is 1600. The molecule has 11 nitrogen and oxygen atoms in total. The van der Waals surface area contributed by atoms with Crippen LogP contribution in [0.1, 0.15) is 19.4 Å². The van der Waals surface area contributed by atoms with Gasteiger partial charge in [-0.15, -0.1) is 0 Å². The van der Waals surface area contributed by atoms with Gasteiger partial charge < -0.3 is 25.8 Å². The molecule has 0 aliphatic rings. The van der Waals surface area contributed by atoms with Crippen molar-refractivity contribution in [3.05, 3.63) is 67.0 Å². The van der Waals surface area contributed by atoms with Gasteiger partial charge in [0.1, 0.15) is 30.5 Å². The largest absolute Gasteiger partial charge is 0.439 e. The molecule has 5 aromatic rings. The van der Waals surface area contributed by atoms with Crippen LogP contribution >= 0.6 is 12.2 Å². The highest BCUT2D eigenvalue weighted by atomic mass is 32.1. The van der Waals surface area contributed by atoms with Crippen molar-refractivity contribution in [2.75, 3.05) is 17.2 Å². The number of nitrogens with zero attached hydrogens (tertiary/aromatic N) is 6. The molecule has 0 aliphatic carbocycles. The van der Waals surface area contributed by atoms with E-state index in [9.17, 15) is 5.11 Å². The maximum absolute atomic E-state index is 9.48. The highest BCUT2D eigenvalue weighted by Crippen LogP contribution is 2.30. The minimum absolute atomic E-state index is 0.0502. The van der Waals surface area contributed by atoms with Gasteiger partial charge >= 0.3 is 0 Å². The molecule has 12 heteroatoms. The van der Waals surface area contributed by atoms with Gasteiger partial charge in [-0.3, -0.25) is 0 Å². The molecule has 0 atom stereocenters. The van der Waals surface area contributed by atoms with Crippen LogP contribution in [0, 0.1) is 6.92 Å². The van der Waals surface area contributed by atoms with Crippen LogP contribution in [0.15, 0.2) is 61.4 Å². The van der Waals surface area contributed by atoms with E-state index in [1.165, 1.54) is 12.7 Å². The number of aliphatic hydroxyl groups excluding tert-OH is 1. The average Bonchev–Trinajstić information content (AvgIpc) is 3.34. The van der Waals surface area contributed by atoms with Crippen molar-refractivity contribution in [3.63, 3.8) is 0 Å². The van der Waals surface area contributed by atoms with Crippen molar-refractivity contribution in [2.24, 2.45) is 0 Å². The summed E-state index contributed by atoms with van der Waals surface area (Å²) in [6.07, 6.45) is 4.54. The third kappa shape index (κ3) is 5.55. The second-order valence-corrected chi connectivity index (χ2v) is 9.48. The number of fused-ring (bicyclic) bond motifs is 2. The fourth-order valence-electron chi connectivity index (χ4n) is 3.60. The van der Waals surface area contributed by atoms with E-state index in [1.807, 2.05) is 57.2 Å². The summed E-state index contributed by atoms with van der Waals surface area (Å²) in [6, 6.07) is 13.2. The number of ether oxygens (including phenoxy) is 1. The summed E-state index contributed by atoms with van der Waals surface area (Å²) in [5.74, 6) is 1.75. The Morgan fingerprint density at radius 1 is 1.03 bits per heavy atom. The second-order valence-electron chi connectivity index (χ2n) is 9.07. The standard InChI is InChI=1S/C25H25N9O2S/c1-15-8-16(5-7-20(15)36-22-10-21-27-13-30-34(21)14-29-22)31-23-18-9-17(4-6-19(18)26-12-28-23)32-24(37)33-25(2,3)11-35/h4-10,12-14,35H,11H2,1-3H3,(H,26,28,31)(H2,32,33,37). The molecule has 0 saturated heterocycles. The smallest absolute Gasteiger partial charge is 0.224 e. The predicted molar refractivity (Wildman–Crippen MR) is 145 cm³/mol. The minimum atomic E-state index is -0.538. The third-order valence-electron chi connectivity index (χ3n) is 5.54. The van der Waals surface area contributed by atoms with E-state index in [-0.39, 0.29) is 6.61 Å². The zero-order valence-corrected chi connectivity index (χ0v) is 21.2. The van der Waals surface area contributed by atoms with Gasteiger partial charge in [0.15, 0.2) is 10.8 Å².